The third-order valence-electron chi connectivity index (χ3n) is 6.73. The lowest BCUT2D eigenvalue weighted by Crippen LogP contribution is -2.28. The van der Waals surface area contributed by atoms with Crippen LogP contribution in [-0.2, 0) is 33.9 Å². The summed E-state index contributed by atoms with van der Waals surface area (Å²) in [6.07, 6.45) is 1.87. The summed E-state index contributed by atoms with van der Waals surface area (Å²) in [5.74, 6) is 1.88. The monoisotopic (exact) mass is 580 g/mol. The molecule has 224 valence electrons. The number of carbonyl (C=O) groups excluding carboxylic acids is 1. The predicted octanol–water partition coefficient (Wildman–Crippen LogP) is 7.84. The fraction of sp³-hybridized carbons (Fsp3) is 0.270. The van der Waals surface area contributed by atoms with Gasteiger partial charge in [0.2, 0.25) is 0 Å². The van der Waals surface area contributed by atoms with Crippen LogP contribution < -0.4 is 14.2 Å². The highest BCUT2D eigenvalue weighted by atomic mass is 16.6. The van der Waals surface area contributed by atoms with Gasteiger partial charge in [0.05, 0.1) is 6.61 Å². The number of benzene rings is 4. The van der Waals surface area contributed by atoms with Gasteiger partial charge < -0.3 is 23.7 Å². The number of rotatable bonds is 16. The van der Waals surface area contributed by atoms with Gasteiger partial charge >= 0.3 is 5.97 Å². The molecule has 6 heteroatoms. The Hall–Kier alpha value is -4.55. The number of allylic oxidation sites excluding steroid dienone is 1. The number of ether oxygens (including phenoxy) is 5. The van der Waals surface area contributed by atoms with Crippen molar-refractivity contribution >= 4 is 11.5 Å². The zero-order chi connectivity index (χ0) is 30.3. The molecule has 1 unspecified atom stereocenters. The summed E-state index contributed by atoms with van der Waals surface area (Å²) < 4.78 is 29.0. The first-order valence-electron chi connectivity index (χ1n) is 14.7. The SMILES string of the molecule is CCOC(=O)C(Cc1ccc(OC/C=C(/C)c2cc(OCc3ccccc3)cc(OCc3ccccc3)c2)cc1)OCC. The van der Waals surface area contributed by atoms with E-state index in [1.54, 1.807) is 6.92 Å². The Morgan fingerprint density at radius 3 is 1.79 bits per heavy atom. The first-order chi connectivity index (χ1) is 21.0. The minimum atomic E-state index is -0.615. The molecule has 4 aromatic carbocycles. The van der Waals surface area contributed by atoms with E-state index in [0.717, 1.165) is 45.1 Å². The van der Waals surface area contributed by atoms with E-state index in [4.69, 9.17) is 23.7 Å². The van der Waals surface area contributed by atoms with Crippen LogP contribution in [0.1, 0.15) is 43.0 Å². The molecule has 0 radical (unpaired) electrons. The zero-order valence-electron chi connectivity index (χ0n) is 25.2. The Bertz CT molecular complexity index is 1370. The average molecular weight is 581 g/mol. The maximum atomic E-state index is 12.2. The van der Waals surface area contributed by atoms with Gasteiger partial charge in [-0.1, -0.05) is 72.8 Å². The maximum absolute atomic E-state index is 12.2. The molecule has 0 aromatic heterocycles. The highest BCUT2D eigenvalue weighted by Crippen LogP contribution is 2.29. The summed E-state index contributed by atoms with van der Waals surface area (Å²) in [5, 5.41) is 0. The summed E-state index contributed by atoms with van der Waals surface area (Å²) in [6.45, 7) is 7.81. The quantitative estimate of drug-likeness (QED) is 0.126. The van der Waals surface area contributed by atoms with Gasteiger partial charge in [-0.2, -0.15) is 0 Å². The Morgan fingerprint density at radius 1 is 0.674 bits per heavy atom. The molecule has 0 aliphatic carbocycles. The highest BCUT2D eigenvalue weighted by Gasteiger charge is 2.20. The molecule has 0 bridgehead atoms. The molecule has 0 aliphatic rings. The normalized spacial score (nSPS) is 11.9. The summed E-state index contributed by atoms with van der Waals surface area (Å²) >= 11 is 0. The van der Waals surface area contributed by atoms with Crippen LogP contribution in [0.2, 0.25) is 0 Å². The molecular formula is C37H40O6. The van der Waals surface area contributed by atoms with Crippen molar-refractivity contribution in [3.05, 3.63) is 131 Å². The third kappa shape index (κ3) is 10.3. The van der Waals surface area contributed by atoms with Crippen LogP contribution in [-0.4, -0.2) is 31.9 Å². The van der Waals surface area contributed by atoms with Crippen LogP contribution in [0.25, 0.3) is 5.57 Å². The lowest BCUT2D eigenvalue weighted by Gasteiger charge is -2.15. The second-order valence-corrected chi connectivity index (χ2v) is 9.98. The fourth-order valence-corrected chi connectivity index (χ4v) is 4.41. The molecular weight excluding hydrogens is 540 g/mol. The van der Waals surface area contributed by atoms with Crippen LogP contribution in [0, 0.1) is 0 Å². The van der Waals surface area contributed by atoms with Gasteiger partial charge in [-0.15, -0.1) is 0 Å². The zero-order valence-corrected chi connectivity index (χ0v) is 25.2. The third-order valence-corrected chi connectivity index (χ3v) is 6.73. The summed E-state index contributed by atoms with van der Waals surface area (Å²) in [5.41, 5.74) is 5.20. The molecule has 0 saturated carbocycles. The van der Waals surface area contributed by atoms with Crippen molar-refractivity contribution in [3.8, 4) is 17.2 Å². The van der Waals surface area contributed by atoms with Crippen molar-refractivity contribution < 1.29 is 28.5 Å². The van der Waals surface area contributed by atoms with Gasteiger partial charge in [0.1, 0.15) is 37.1 Å². The van der Waals surface area contributed by atoms with E-state index in [9.17, 15) is 4.79 Å². The predicted molar refractivity (Wildman–Crippen MR) is 169 cm³/mol. The van der Waals surface area contributed by atoms with Crippen LogP contribution in [0.15, 0.2) is 109 Å². The second kappa shape index (κ2) is 16.8. The van der Waals surface area contributed by atoms with Gasteiger partial charge in [-0.05, 0) is 78.9 Å². The molecule has 0 heterocycles. The van der Waals surface area contributed by atoms with E-state index in [-0.39, 0.29) is 5.97 Å². The van der Waals surface area contributed by atoms with Crippen molar-refractivity contribution in [1.29, 1.82) is 0 Å². The molecule has 0 fully saturated rings. The van der Waals surface area contributed by atoms with Gasteiger partial charge in [0, 0.05) is 19.1 Å². The average Bonchev–Trinajstić information content (AvgIpc) is 3.04. The van der Waals surface area contributed by atoms with E-state index in [0.29, 0.717) is 39.5 Å². The molecule has 0 spiro atoms. The standard InChI is InChI=1S/C37H40O6/c1-4-39-36(37(38)40-5-2)22-29-16-18-33(19-17-29)41-21-20-28(3)32-23-34(42-26-30-12-8-6-9-13-30)25-35(24-32)43-27-31-14-10-7-11-15-31/h6-20,23-25,36H,4-5,21-22,26-27H2,1-3H3/b28-20-. The van der Waals surface area contributed by atoms with Crippen LogP contribution >= 0.6 is 0 Å². The largest absolute Gasteiger partial charge is 0.490 e. The number of hydrogen-bond acceptors (Lipinski definition) is 6. The molecule has 6 nitrogen and oxygen atoms in total. The maximum Gasteiger partial charge on any atom is 0.335 e. The first-order valence-corrected chi connectivity index (χ1v) is 14.7. The van der Waals surface area contributed by atoms with Gasteiger partial charge in [-0.3, -0.25) is 0 Å². The molecule has 0 saturated heterocycles. The Morgan fingerprint density at radius 2 is 1.26 bits per heavy atom. The molecule has 0 amide bonds. The van der Waals surface area contributed by atoms with Crippen LogP contribution in [0.5, 0.6) is 17.2 Å². The van der Waals surface area contributed by atoms with Gasteiger partial charge in [0.25, 0.3) is 0 Å². The number of carbonyl (C=O) groups is 1. The van der Waals surface area contributed by atoms with Gasteiger partial charge in [0.15, 0.2) is 6.10 Å². The Kier molecular flexibility index (Phi) is 12.2. The molecule has 0 N–H and O–H groups in total. The second-order valence-electron chi connectivity index (χ2n) is 9.98. The van der Waals surface area contributed by atoms with E-state index >= 15 is 0 Å². The summed E-state index contributed by atoms with van der Waals surface area (Å²) in [4.78, 5) is 12.2. The summed E-state index contributed by atoms with van der Waals surface area (Å²) in [6, 6.07) is 33.9. The molecule has 4 aromatic rings. The Balaban J connectivity index is 1.40. The van der Waals surface area contributed by atoms with Crippen molar-refractivity contribution in [1.82, 2.24) is 0 Å². The van der Waals surface area contributed by atoms with E-state index in [1.165, 1.54) is 0 Å². The van der Waals surface area contributed by atoms with Crippen molar-refractivity contribution in [2.75, 3.05) is 19.8 Å². The highest BCUT2D eigenvalue weighted by molar-refractivity contribution is 5.75. The fourth-order valence-electron chi connectivity index (χ4n) is 4.41. The van der Waals surface area contributed by atoms with Crippen LogP contribution in [0.4, 0.5) is 0 Å². The number of esters is 1. The lowest BCUT2D eigenvalue weighted by molar-refractivity contribution is -0.156. The molecule has 1 atom stereocenters. The van der Waals surface area contributed by atoms with Crippen molar-refractivity contribution in [2.24, 2.45) is 0 Å². The molecule has 4 rings (SSSR count). The van der Waals surface area contributed by atoms with E-state index < -0.39 is 6.10 Å². The topological polar surface area (TPSA) is 63.2 Å². The van der Waals surface area contributed by atoms with Crippen LogP contribution in [0.3, 0.4) is 0 Å². The number of hydrogen-bond donors (Lipinski definition) is 0. The minimum Gasteiger partial charge on any atom is -0.490 e. The summed E-state index contributed by atoms with van der Waals surface area (Å²) in [7, 11) is 0. The Labute approximate surface area is 254 Å². The van der Waals surface area contributed by atoms with Crippen molar-refractivity contribution in [3.63, 3.8) is 0 Å². The van der Waals surface area contributed by atoms with E-state index in [2.05, 4.69) is 0 Å². The van der Waals surface area contributed by atoms with Crippen molar-refractivity contribution in [2.45, 2.75) is 46.5 Å². The molecule has 0 aliphatic heterocycles. The van der Waals surface area contributed by atoms with Gasteiger partial charge in [-0.25, -0.2) is 4.79 Å². The van der Waals surface area contributed by atoms with E-state index in [1.807, 2.05) is 123 Å². The molecule has 43 heavy (non-hydrogen) atoms. The minimum absolute atomic E-state index is 0.329. The first kappa shape index (κ1) is 31.4. The lowest BCUT2D eigenvalue weighted by atomic mass is 10.1. The smallest absolute Gasteiger partial charge is 0.335 e.